The predicted molar refractivity (Wildman–Crippen MR) is 123 cm³/mol. The minimum Gasteiger partial charge on any atom is -0.493 e. The van der Waals surface area contributed by atoms with Crippen LogP contribution in [0.3, 0.4) is 0 Å². The number of methoxy groups -OCH3 is 2. The lowest BCUT2D eigenvalue weighted by molar-refractivity contribution is 0.0428. The van der Waals surface area contributed by atoms with Gasteiger partial charge in [-0.25, -0.2) is 4.79 Å². The molecule has 4 rings (SSSR count). The Morgan fingerprint density at radius 1 is 0.939 bits per heavy atom. The van der Waals surface area contributed by atoms with Gasteiger partial charge < -0.3 is 39.4 Å². The number of amides is 2. The summed E-state index contributed by atoms with van der Waals surface area (Å²) in [5.74, 6) is 2.25. The number of carbonyl (C=O) groups excluding carboxylic acids is 1. The Labute approximate surface area is 196 Å². The van der Waals surface area contributed by atoms with Crippen LogP contribution in [0.1, 0.15) is 0 Å². The van der Waals surface area contributed by atoms with Gasteiger partial charge in [0.2, 0.25) is 11.8 Å². The van der Waals surface area contributed by atoms with E-state index in [1.165, 1.54) is 20.3 Å². The number of ether oxygens (including phenoxy) is 4. The first kappa shape index (κ1) is 23.0. The summed E-state index contributed by atoms with van der Waals surface area (Å²) >= 11 is 6.33. The lowest BCUT2D eigenvalue weighted by Crippen LogP contribution is -2.55. The third kappa shape index (κ3) is 5.25. The molecule has 1 aromatic carbocycles. The van der Waals surface area contributed by atoms with Crippen LogP contribution in [-0.2, 0) is 4.74 Å². The maximum Gasteiger partial charge on any atom is 0.320 e. The molecule has 0 radical (unpaired) electrons. The molecule has 0 unspecified atom stereocenters. The highest BCUT2D eigenvalue weighted by molar-refractivity contribution is 6.32. The molecule has 2 saturated heterocycles. The lowest BCUT2D eigenvalue weighted by atomic mass is 10.3. The number of rotatable bonds is 5. The van der Waals surface area contributed by atoms with E-state index in [9.17, 15) is 4.79 Å². The normalized spacial score (nSPS) is 16.5. The Balaban J connectivity index is 1.44. The van der Waals surface area contributed by atoms with Gasteiger partial charge in [-0.2, -0.15) is 9.97 Å². The monoisotopic (exact) mass is 478 g/mol. The van der Waals surface area contributed by atoms with Crippen LogP contribution < -0.4 is 24.8 Å². The fourth-order valence-electron chi connectivity index (χ4n) is 3.70. The lowest BCUT2D eigenvalue weighted by Gasteiger charge is -2.38. The number of urea groups is 1. The van der Waals surface area contributed by atoms with Crippen LogP contribution in [0, 0.1) is 0 Å². The van der Waals surface area contributed by atoms with E-state index in [1.54, 1.807) is 12.1 Å². The molecule has 0 atom stereocenters. The molecule has 12 heteroatoms. The maximum absolute atomic E-state index is 12.7. The fraction of sp³-hybridized carbons (Fsp3) is 0.476. The summed E-state index contributed by atoms with van der Waals surface area (Å²) in [6.07, 6.45) is 0. The van der Waals surface area contributed by atoms with Gasteiger partial charge in [-0.05, 0) is 0 Å². The number of nitrogens with two attached hydrogens (primary N) is 1. The molecule has 178 valence electrons. The van der Waals surface area contributed by atoms with Gasteiger partial charge in [0.25, 0.3) is 0 Å². The number of halogens is 1. The molecule has 0 aliphatic carbocycles. The van der Waals surface area contributed by atoms with E-state index >= 15 is 0 Å². The maximum atomic E-state index is 12.7. The molecule has 33 heavy (non-hydrogen) atoms. The molecule has 2 N–H and O–H groups in total. The molecule has 2 aromatic rings. The van der Waals surface area contributed by atoms with E-state index < -0.39 is 0 Å². The summed E-state index contributed by atoms with van der Waals surface area (Å²) in [6, 6.07) is 4.79. The topological polar surface area (TPSA) is 116 Å². The van der Waals surface area contributed by atoms with Gasteiger partial charge in [0, 0.05) is 57.5 Å². The second kappa shape index (κ2) is 10.2. The van der Waals surface area contributed by atoms with Gasteiger partial charge in [0.1, 0.15) is 5.82 Å². The molecular weight excluding hydrogens is 452 g/mol. The molecule has 3 heterocycles. The number of aromatic nitrogens is 2. The second-order valence-electron chi connectivity index (χ2n) is 7.53. The third-order valence-corrected chi connectivity index (χ3v) is 5.77. The van der Waals surface area contributed by atoms with Crippen LogP contribution in [0.25, 0.3) is 0 Å². The predicted octanol–water partition coefficient (Wildman–Crippen LogP) is 2.10. The summed E-state index contributed by atoms with van der Waals surface area (Å²) in [5.41, 5.74) is 6.01. The molecule has 2 aliphatic rings. The van der Waals surface area contributed by atoms with Crippen molar-refractivity contribution in [1.82, 2.24) is 19.8 Å². The van der Waals surface area contributed by atoms with Crippen molar-refractivity contribution in [3.63, 3.8) is 0 Å². The molecule has 0 bridgehead atoms. The summed E-state index contributed by atoms with van der Waals surface area (Å²) in [7, 11) is 3.06. The first-order chi connectivity index (χ1) is 16.0. The molecule has 1 aromatic heterocycles. The largest absolute Gasteiger partial charge is 0.493 e. The number of nitrogens with zero attached hydrogens (tertiary/aromatic N) is 5. The Morgan fingerprint density at radius 3 is 2.24 bits per heavy atom. The second-order valence-corrected chi connectivity index (χ2v) is 7.93. The van der Waals surface area contributed by atoms with Crippen molar-refractivity contribution in [2.75, 3.05) is 77.3 Å². The highest BCUT2D eigenvalue weighted by atomic mass is 35.5. The first-order valence-corrected chi connectivity index (χ1v) is 11.0. The SMILES string of the molecule is COc1cc(Cl)c(Oc2cc(N)nc(N3CCN(C(=O)N4CCOCC4)CC3)n2)cc1OC. The zero-order chi connectivity index (χ0) is 23.4. The molecular formula is C21H27ClN6O5. The van der Waals surface area contributed by atoms with Crippen LogP contribution in [0.15, 0.2) is 18.2 Å². The summed E-state index contributed by atoms with van der Waals surface area (Å²) < 4.78 is 21.8. The van der Waals surface area contributed by atoms with Crippen molar-refractivity contribution < 1.29 is 23.7 Å². The minimum atomic E-state index is 0.0403. The number of hydrogen-bond acceptors (Lipinski definition) is 9. The third-order valence-electron chi connectivity index (χ3n) is 5.48. The first-order valence-electron chi connectivity index (χ1n) is 10.6. The molecule has 2 fully saturated rings. The van der Waals surface area contributed by atoms with Gasteiger partial charge in [0.15, 0.2) is 17.2 Å². The number of carbonyl (C=O) groups is 1. The Hall–Kier alpha value is -3.18. The quantitative estimate of drug-likeness (QED) is 0.689. The van der Waals surface area contributed by atoms with Crippen LogP contribution in [0.4, 0.5) is 16.6 Å². The van der Waals surface area contributed by atoms with Crippen molar-refractivity contribution in [1.29, 1.82) is 0 Å². The van der Waals surface area contributed by atoms with E-state index in [4.69, 9.17) is 36.3 Å². The van der Waals surface area contributed by atoms with E-state index in [1.807, 2.05) is 14.7 Å². The summed E-state index contributed by atoms with van der Waals surface area (Å²) in [6.45, 7) is 4.68. The summed E-state index contributed by atoms with van der Waals surface area (Å²) in [5, 5.41) is 0.335. The summed E-state index contributed by atoms with van der Waals surface area (Å²) in [4.78, 5) is 27.2. The van der Waals surface area contributed by atoms with Crippen LogP contribution >= 0.6 is 11.6 Å². The number of nitrogen functional groups attached to an aromatic ring is 1. The van der Waals surface area contributed by atoms with Crippen molar-refractivity contribution in [2.24, 2.45) is 0 Å². The number of benzene rings is 1. The molecule has 2 amide bonds. The average molecular weight is 479 g/mol. The minimum absolute atomic E-state index is 0.0403. The Morgan fingerprint density at radius 2 is 1.58 bits per heavy atom. The van der Waals surface area contributed by atoms with Crippen molar-refractivity contribution >= 4 is 29.4 Å². The van der Waals surface area contributed by atoms with Crippen molar-refractivity contribution in [3.05, 3.63) is 23.2 Å². The number of hydrogen-bond donors (Lipinski definition) is 1. The Kier molecular flexibility index (Phi) is 7.09. The van der Waals surface area contributed by atoms with Crippen LogP contribution in [0.2, 0.25) is 5.02 Å². The van der Waals surface area contributed by atoms with Crippen molar-refractivity contribution in [3.8, 4) is 23.1 Å². The fourth-order valence-corrected chi connectivity index (χ4v) is 3.89. The number of piperazine rings is 1. The van der Waals surface area contributed by atoms with E-state index in [-0.39, 0.29) is 17.7 Å². The number of anilines is 2. The van der Waals surface area contributed by atoms with Crippen LogP contribution in [-0.4, -0.2) is 92.5 Å². The van der Waals surface area contributed by atoms with Gasteiger partial charge >= 0.3 is 6.03 Å². The van der Waals surface area contributed by atoms with Gasteiger partial charge in [0.05, 0.1) is 32.5 Å². The van der Waals surface area contributed by atoms with Crippen LogP contribution in [0.5, 0.6) is 23.1 Å². The smallest absolute Gasteiger partial charge is 0.320 e. The average Bonchev–Trinajstić information content (AvgIpc) is 2.85. The van der Waals surface area contributed by atoms with Gasteiger partial charge in [-0.15, -0.1) is 0 Å². The molecule has 2 aliphatic heterocycles. The molecule has 11 nitrogen and oxygen atoms in total. The molecule has 0 saturated carbocycles. The highest BCUT2D eigenvalue weighted by Gasteiger charge is 2.27. The highest BCUT2D eigenvalue weighted by Crippen LogP contribution is 2.39. The zero-order valence-corrected chi connectivity index (χ0v) is 19.4. The molecule has 0 spiro atoms. The Bertz CT molecular complexity index is 995. The van der Waals surface area contributed by atoms with Gasteiger partial charge in [-0.3, -0.25) is 0 Å². The van der Waals surface area contributed by atoms with E-state index in [2.05, 4.69) is 9.97 Å². The van der Waals surface area contributed by atoms with E-state index in [0.29, 0.717) is 80.7 Å². The standard InChI is InChI=1S/C21H27ClN6O5/c1-30-16-11-14(22)15(12-17(16)31-2)33-19-13-18(23)24-20(25-19)26-3-5-27(6-4-26)21(29)28-7-9-32-10-8-28/h11-13H,3-10H2,1-2H3,(H2,23,24,25). The number of morpholine rings is 1. The zero-order valence-electron chi connectivity index (χ0n) is 18.6. The van der Waals surface area contributed by atoms with Gasteiger partial charge in [-0.1, -0.05) is 11.6 Å². The van der Waals surface area contributed by atoms with Crippen molar-refractivity contribution in [2.45, 2.75) is 0 Å². The van der Waals surface area contributed by atoms with E-state index in [0.717, 1.165) is 0 Å².